The van der Waals surface area contributed by atoms with E-state index in [4.69, 9.17) is 5.41 Å². The fraction of sp³-hybridized carbons (Fsp3) is 0.720. The Morgan fingerprint density at radius 1 is 1.27 bits per heavy atom. The van der Waals surface area contributed by atoms with Gasteiger partial charge >= 0.3 is 0 Å². The summed E-state index contributed by atoms with van der Waals surface area (Å²) in [5.41, 5.74) is -0.130. The number of aromatic nitrogens is 1. The van der Waals surface area contributed by atoms with Crippen molar-refractivity contribution in [2.45, 2.75) is 94.9 Å². The Morgan fingerprint density at radius 2 is 2.03 bits per heavy atom. The summed E-state index contributed by atoms with van der Waals surface area (Å²) in [6, 6.07) is 3.30. The van der Waals surface area contributed by atoms with Gasteiger partial charge in [-0.25, -0.2) is 0 Å². The number of likely N-dealkylation sites (N-methyl/N-ethyl adjacent to an activating group) is 1. The summed E-state index contributed by atoms with van der Waals surface area (Å²) in [5.74, 6) is 1.16. The second kappa shape index (κ2) is 10.3. The normalized spacial score (nSPS) is 30.8. The molecule has 1 aromatic heterocycles. The molecule has 2 heterocycles. The van der Waals surface area contributed by atoms with Crippen molar-refractivity contribution in [2.75, 3.05) is 7.05 Å². The van der Waals surface area contributed by atoms with E-state index < -0.39 is 11.8 Å². The molecule has 0 radical (unpaired) electrons. The zero-order valence-corrected chi connectivity index (χ0v) is 19.8. The van der Waals surface area contributed by atoms with Crippen LogP contribution in [-0.4, -0.2) is 46.7 Å². The predicted molar refractivity (Wildman–Crippen MR) is 126 cm³/mol. The molecule has 2 aliphatic carbocycles. The third-order valence-corrected chi connectivity index (χ3v) is 8.11. The number of amides is 1. The van der Waals surface area contributed by atoms with Crippen LogP contribution in [0.3, 0.4) is 0 Å². The first-order chi connectivity index (χ1) is 15.9. The average Bonchev–Trinajstić information content (AvgIpc) is 3.02. The highest BCUT2D eigenvalue weighted by Gasteiger charge is 2.49. The quantitative estimate of drug-likeness (QED) is 0.371. The molecule has 1 saturated heterocycles. The van der Waals surface area contributed by atoms with Crippen molar-refractivity contribution in [3.63, 3.8) is 0 Å². The highest BCUT2D eigenvalue weighted by Crippen LogP contribution is 2.40. The average molecular weight is 458 g/mol. The molecule has 33 heavy (non-hydrogen) atoms. The molecular formula is C25H39N5O3. The summed E-state index contributed by atoms with van der Waals surface area (Å²) in [6.07, 6.45) is 15.1. The van der Waals surface area contributed by atoms with Crippen LogP contribution < -0.4 is 15.4 Å². The Balaban J connectivity index is 1.40. The van der Waals surface area contributed by atoms with E-state index >= 15 is 0 Å². The summed E-state index contributed by atoms with van der Waals surface area (Å²) in [6.45, 7) is 0. The van der Waals surface area contributed by atoms with Gasteiger partial charge < -0.3 is 25.8 Å². The van der Waals surface area contributed by atoms with Crippen molar-refractivity contribution < 1.29 is 14.6 Å². The molecular weight excluding hydrogens is 418 g/mol. The van der Waals surface area contributed by atoms with Crippen molar-refractivity contribution in [1.29, 1.82) is 5.41 Å². The lowest BCUT2D eigenvalue weighted by atomic mass is 9.73. The van der Waals surface area contributed by atoms with E-state index in [1.807, 2.05) is 0 Å². The lowest BCUT2D eigenvalue weighted by molar-refractivity contribution is -0.605. The first-order valence-electron chi connectivity index (χ1n) is 12.6. The number of carbonyl (C=O) groups excluding carboxylic acids is 1. The lowest BCUT2D eigenvalue weighted by Crippen LogP contribution is -2.52. The third kappa shape index (κ3) is 5.60. The minimum absolute atomic E-state index is 0.0580. The molecule has 8 heteroatoms. The van der Waals surface area contributed by atoms with Crippen molar-refractivity contribution >= 4 is 11.9 Å². The van der Waals surface area contributed by atoms with Gasteiger partial charge in [-0.05, 0) is 50.0 Å². The van der Waals surface area contributed by atoms with Crippen LogP contribution in [0.4, 0.5) is 0 Å². The minimum Gasteiger partial charge on any atom is -0.619 e. The highest BCUT2D eigenvalue weighted by atomic mass is 16.5. The summed E-state index contributed by atoms with van der Waals surface area (Å²) < 4.78 is 0.646. The Hall–Kier alpha value is -2.35. The molecule has 4 atom stereocenters. The first kappa shape index (κ1) is 23.8. The number of pyridine rings is 1. The third-order valence-electron chi connectivity index (χ3n) is 8.11. The van der Waals surface area contributed by atoms with Crippen LogP contribution in [0, 0.1) is 22.5 Å². The molecule has 182 valence electrons. The van der Waals surface area contributed by atoms with Crippen molar-refractivity contribution in [3.05, 3.63) is 35.3 Å². The van der Waals surface area contributed by atoms with Gasteiger partial charge in [0.05, 0.1) is 5.54 Å². The maximum atomic E-state index is 12.6. The number of aliphatic hydroxyl groups is 1. The van der Waals surface area contributed by atoms with Crippen LogP contribution in [0.5, 0.6) is 0 Å². The van der Waals surface area contributed by atoms with Crippen molar-refractivity contribution in [1.82, 2.24) is 15.5 Å². The fourth-order valence-corrected chi connectivity index (χ4v) is 6.25. The summed E-state index contributed by atoms with van der Waals surface area (Å²) in [4.78, 5) is 14.3. The van der Waals surface area contributed by atoms with Crippen LogP contribution in [0.1, 0.15) is 87.4 Å². The van der Waals surface area contributed by atoms with Crippen LogP contribution >= 0.6 is 0 Å². The molecule has 1 amide bonds. The molecule has 2 saturated carbocycles. The Bertz CT molecular complexity index is 843. The molecule has 4 N–H and O–H groups in total. The zero-order chi connectivity index (χ0) is 23.4. The smallest absolute Gasteiger partial charge is 0.257 e. The summed E-state index contributed by atoms with van der Waals surface area (Å²) in [7, 11) is 1.79. The van der Waals surface area contributed by atoms with E-state index in [1.165, 1.54) is 44.5 Å². The maximum absolute atomic E-state index is 12.6. The molecule has 1 aliphatic heterocycles. The molecule has 0 spiro atoms. The molecule has 1 aromatic rings. The van der Waals surface area contributed by atoms with Gasteiger partial charge in [0.15, 0.2) is 24.6 Å². The zero-order valence-electron chi connectivity index (χ0n) is 19.8. The minimum atomic E-state index is -0.708. The predicted octanol–water partition coefficient (Wildman–Crippen LogP) is 2.89. The van der Waals surface area contributed by atoms with E-state index in [9.17, 15) is 15.1 Å². The van der Waals surface area contributed by atoms with Gasteiger partial charge in [-0.1, -0.05) is 44.9 Å². The summed E-state index contributed by atoms with van der Waals surface area (Å²) in [5, 5.41) is 37.4. The van der Waals surface area contributed by atoms with Crippen LogP contribution in [0.15, 0.2) is 24.5 Å². The first-order valence-corrected chi connectivity index (χ1v) is 12.6. The molecule has 0 bridgehead atoms. The Labute approximate surface area is 196 Å². The van der Waals surface area contributed by atoms with Gasteiger partial charge in [-0.3, -0.25) is 10.2 Å². The number of hydrogen-bond donors (Lipinski definition) is 4. The van der Waals surface area contributed by atoms with Gasteiger partial charge in [0.25, 0.3) is 5.91 Å². The van der Waals surface area contributed by atoms with Gasteiger partial charge in [0.2, 0.25) is 0 Å². The van der Waals surface area contributed by atoms with Crippen molar-refractivity contribution in [2.24, 2.45) is 11.8 Å². The number of rotatable bonds is 7. The Kier molecular flexibility index (Phi) is 7.41. The highest BCUT2D eigenvalue weighted by molar-refractivity contribution is 5.93. The maximum Gasteiger partial charge on any atom is 0.257 e. The van der Waals surface area contributed by atoms with E-state index in [0.29, 0.717) is 22.2 Å². The van der Waals surface area contributed by atoms with Crippen molar-refractivity contribution in [3.8, 4) is 0 Å². The van der Waals surface area contributed by atoms with E-state index in [1.54, 1.807) is 24.1 Å². The number of nitrogens with one attached hydrogen (secondary N) is 3. The standard InChI is InChI=1S/C25H39N5O3/c1-29-23(32)25(28-24(29)26,13-12-18-7-3-2-4-8-18)16-19-9-5-11-21(15-19)27-22(31)20-10-6-14-30(33)17-20/h6,10,14,17-19,21,23,32H,2-5,7-9,11-13,15-16H2,1H3,(H2,26,28)(H,27,31)/t19-,21+,23?,25+/m0/s1. The monoisotopic (exact) mass is 457 g/mol. The number of aliphatic hydroxyl groups excluding tert-OH is 1. The molecule has 0 aromatic carbocycles. The number of hydrogen-bond acceptors (Lipinski definition) is 4. The second-order valence-corrected chi connectivity index (χ2v) is 10.5. The van der Waals surface area contributed by atoms with Gasteiger partial charge in [0, 0.05) is 19.2 Å². The molecule has 3 fully saturated rings. The van der Waals surface area contributed by atoms with Crippen LogP contribution in [0.25, 0.3) is 0 Å². The SMILES string of the molecule is CN1C(=N)N[C@](CCC2CCCCC2)(C[C@H]2CCC[C@@H](NC(=O)c3ccc[n+]([O-])c3)C2)C1O. The lowest BCUT2D eigenvalue weighted by Gasteiger charge is -2.40. The molecule has 3 aliphatic rings. The number of carbonyl (C=O) groups is 1. The van der Waals surface area contributed by atoms with Crippen LogP contribution in [0.2, 0.25) is 0 Å². The number of guanidine groups is 1. The van der Waals surface area contributed by atoms with E-state index in [0.717, 1.165) is 50.9 Å². The Morgan fingerprint density at radius 3 is 2.73 bits per heavy atom. The molecule has 1 unspecified atom stereocenters. The molecule has 8 nitrogen and oxygen atoms in total. The van der Waals surface area contributed by atoms with Crippen LogP contribution in [-0.2, 0) is 0 Å². The van der Waals surface area contributed by atoms with Gasteiger partial charge in [-0.15, -0.1) is 0 Å². The summed E-state index contributed by atoms with van der Waals surface area (Å²) >= 11 is 0. The van der Waals surface area contributed by atoms with Gasteiger partial charge in [-0.2, -0.15) is 4.73 Å². The topological polar surface area (TPSA) is 115 Å². The largest absolute Gasteiger partial charge is 0.619 e. The van der Waals surface area contributed by atoms with E-state index in [2.05, 4.69) is 10.6 Å². The fourth-order valence-electron chi connectivity index (χ4n) is 6.25. The second-order valence-electron chi connectivity index (χ2n) is 10.5. The molecule has 4 rings (SSSR count). The number of nitrogens with zero attached hydrogens (tertiary/aromatic N) is 2. The van der Waals surface area contributed by atoms with E-state index in [-0.39, 0.29) is 11.9 Å². The van der Waals surface area contributed by atoms with Gasteiger partial charge in [0.1, 0.15) is 5.56 Å².